The van der Waals surface area contributed by atoms with E-state index in [0.717, 1.165) is 39.0 Å². The summed E-state index contributed by atoms with van der Waals surface area (Å²) in [6, 6.07) is 54.7. The molecule has 2 heterocycles. The summed E-state index contributed by atoms with van der Waals surface area (Å²) in [6.07, 6.45) is 0. The first-order chi connectivity index (χ1) is 22.3. The number of rotatable bonds is 3. The van der Waals surface area contributed by atoms with Gasteiger partial charge in [0.25, 0.3) is 0 Å². The summed E-state index contributed by atoms with van der Waals surface area (Å²) >= 11 is 1.85. The molecule has 0 aliphatic carbocycles. The maximum atomic E-state index is 6.55. The number of hydrogen-bond donors (Lipinski definition) is 0. The first-order valence-corrected chi connectivity index (χ1v) is 16.1. The monoisotopic (exact) mass is 591 g/mol. The molecule has 0 saturated carbocycles. The molecule has 0 bridgehead atoms. The molecule has 0 radical (unpaired) electrons. The lowest BCUT2D eigenvalue weighted by Gasteiger charge is -2.26. The highest BCUT2D eigenvalue weighted by Gasteiger charge is 2.19. The van der Waals surface area contributed by atoms with Gasteiger partial charge in [0.1, 0.15) is 11.2 Å². The molecule has 0 fully saturated rings. The van der Waals surface area contributed by atoms with E-state index in [0.29, 0.717) is 0 Å². The van der Waals surface area contributed by atoms with E-state index in [1.165, 1.54) is 52.5 Å². The lowest BCUT2D eigenvalue weighted by atomic mass is 9.93. The van der Waals surface area contributed by atoms with Gasteiger partial charge in [0, 0.05) is 58.8 Å². The van der Waals surface area contributed by atoms with Gasteiger partial charge in [-0.2, -0.15) is 0 Å². The lowest BCUT2D eigenvalue weighted by molar-refractivity contribution is 0.673. The molecule has 10 rings (SSSR count). The van der Waals surface area contributed by atoms with E-state index >= 15 is 0 Å². The second-order valence-corrected chi connectivity index (χ2v) is 12.8. The molecular weight excluding hydrogens is 567 g/mol. The number of fused-ring (bicyclic) bond motifs is 13. The van der Waals surface area contributed by atoms with Crippen LogP contribution in [0.1, 0.15) is 0 Å². The van der Waals surface area contributed by atoms with Crippen LogP contribution in [0.3, 0.4) is 0 Å². The summed E-state index contributed by atoms with van der Waals surface area (Å²) in [5, 5.41) is 12.2. The Hall–Kier alpha value is -5.64. The zero-order valence-corrected chi connectivity index (χ0v) is 25.0. The minimum atomic E-state index is 0.925. The molecule has 0 amide bonds. The van der Waals surface area contributed by atoms with Crippen LogP contribution in [0.4, 0.5) is 17.1 Å². The molecule has 0 unspecified atom stereocenters. The first kappa shape index (κ1) is 24.8. The molecule has 0 atom stereocenters. The molecule has 0 saturated heterocycles. The molecular formula is C42H25NOS. The SMILES string of the molecule is c1ccc(N(c2ccc3c(ccc4c5oc6ccccc6c5c5ccccc5c34)c2)c2ccc3sc4ccccc4c3c2)cc1. The zero-order valence-electron chi connectivity index (χ0n) is 24.2. The van der Waals surface area contributed by atoms with Crippen molar-refractivity contribution in [2.45, 2.75) is 0 Å². The molecule has 2 nitrogen and oxygen atoms in total. The molecule has 0 aliphatic heterocycles. The van der Waals surface area contributed by atoms with Gasteiger partial charge in [0.15, 0.2) is 0 Å². The largest absolute Gasteiger partial charge is 0.455 e. The van der Waals surface area contributed by atoms with E-state index in [2.05, 4.69) is 150 Å². The Morgan fingerprint density at radius 3 is 1.91 bits per heavy atom. The fraction of sp³-hybridized carbons (Fsp3) is 0. The summed E-state index contributed by atoms with van der Waals surface area (Å²) in [4.78, 5) is 2.37. The fourth-order valence-electron chi connectivity index (χ4n) is 7.23. The third-order valence-electron chi connectivity index (χ3n) is 9.20. The third-order valence-corrected chi connectivity index (χ3v) is 10.4. The van der Waals surface area contributed by atoms with Gasteiger partial charge in [0.05, 0.1) is 0 Å². The summed E-state index contributed by atoms with van der Waals surface area (Å²) in [5.41, 5.74) is 5.28. The molecule has 0 aliphatic rings. The lowest BCUT2D eigenvalue weighted by Crippen LogP contribution is -2.09. The van der Waals surface area contributed by atoms with Crippen molar-refractivity contribution in [3.63, 3.8) is 0 Å². The van der Waals surface area contributed by atoms with Crippen LogP contribution in [0.15, 0.2) is 156 Å². The molecule has 3 heteroatoms. The Balaban J connectivity index is 1.23. The van der Waals surface area contributed by atoms with E-state index in [1.807, 2.05) is 17.4 Å². The van der Waals surface area contributed by atoms with Gasteiger partial charge in [-0.3, -0.25) is 0 Å². The van der Waals surface area contributed by atoms with Gasteiger partial charge < -0.3 is 9.32 Å². The van der Waals surface area contributed by atoms with Crippen molar-refractivity contribution in [1.82, 2.24) is 0 Å². The average Bonchev–Trinajstić information content (AvgIpc) is 3.67. The smallest absolute Gasteiger partial charge is 0.143 e. The molecule has 8 aromatic carbocycles. The Morgan fingerprint density at radius 2 is 1.04 bits per heavy atom. The van der Waals surface area contributed by atoms with Gasteiger partial charge in [-0.15, -0.1) is 11.3 Å². The Bertz CT molecular complexity index is 2770. The highest BCUT2D eigenvalue weighted by atomic mass is 32.1. The fourth-order valence-corrected chi connectivity index (χ4v) is 8.32. The molecule has 45 heavy (non-hydrogen) atoms. The molecule has 0 N–H and O–H groups in total. The van der Waals surface area contributed by atoms with Gasteiger partial charge in [-0.05, 0) is 82.2 Å². The van der Waals surface area contributed by atoms with E-state index in [-0.39, 0.29) is 0 Å². The predicted octanol–water partition coefficient (Wildman–Crippen LogP) is 12.9. The van der Waals surface area contributed by atoms with E-state index in [4.69, 9.17) is 4.42 Å². The second-order valence-electron chi connectivity index (χ2n) is 11.7. The van der Waals surface area contributed by atoms with Crippen LogP contribution in [0.2, 0.25) is 0 Å². The van der Waals surface area contributed by atoms with Gasteiger partial charge >= 0.3 is 0 Å². The van der Waals surface area contributed by atoms with Crippen molar-refractivity contribution >= 4 is 103 Å². The number of hydrogen-bond acceptors (Lipinski definition) is 3. The third kappa shape index (κ3) is 3.62. The van der Waals surface area contributed by atoms with E-state index in [1.54, 1.807) is 0 Å². The normalized spacial score (nSPS) is 12.0. The van der Waals surface area contributed by atoms with Crippen LogP contribution in [0.25, 0.3) is 74.4 Å². The zero-order chi connectivity index (χ0) is 29.5. The topological polar surface area (TPSA) is 16.4 Å². The van der Waals surface area contributed by atoms with Crippen LogP contribution < -0.4 is 4.90 Å². The van der Waals surface area contributed by atoms with Crippen molar-refractivity contribution in [3.8, 4) is 0 Å². The predicted molar refractivity (Wildman–Crippen MR) is 194 cm³/mol. The molecule has 10 aromatic rings. The Kier molecular flexibility index (Phi) is 5.19. The van der Waals surface area contributed by atoms with Crippen LogP contribution >= 0.6 is 11.3 Å². The van der Waals surface area contributed by atoms with Gasteiger partial charge in [-0.25, -0.2) is 0 Å². The standard InChI is InChI=1S/C42H25NOS/c1-2-10-27(11-3-1)43(29-20-23-39-36(25-29)31-12-7-9-17-38(31)45-39)28-19-22-30-26(24-28)18-21-35-40(30)32-13-4-5-14-33(32)41-34-15-6-8-16-37(34)44-42(35)41/h1-25H. The molecule has 0 spiro atoms. The second kappa shape index (κ2) is 9.43. The van der Waals surface area contributed by atoms with Crippen LogP contribution in [0, 0.1) is 0 Å². The van der Waals surface area contributed by atoms with Crippen molar-refractivity contribution in [1.29, 1.82) is 0 Å². The van der Waals surface area contributed by atoms with Crippen LogP contribution in [-0.2, 0) is 0 Å². The number of furan rings is 1. The highest BCUT2D eigenvalue weighted by molar-refractivity contribution is 7.25. The number of nitrogens with zero attached hydrogens (tertiary/aromatic N) is 1. The van der Waals surface area contributed by atoms with Crippen molar-refractivity contribution in [3.05, 3.63) is 152 Å². The average molecular weight is 592 g/mol. The number of para-hydroxylation sites is 2. The van der Waals surface area contributed by atoms with E-state index in [9.17, 15) is 0 Å². The quantitative estimate of drug-likeness (QED) is 0.190. The number of anilines is 3. The summed E-state index contributed by atoms with van der Waals surface area (Å²) in [5.74, 6) is 0. The summed E-state index contributed by atoms with van der Waals surface area (Å²) in [6.45, 7) is 0. The highest BCUT2D eigenvalue weighted by Crippen LogP contribution is 2.45. The van der Waals surface area contributed by atoms with Gasteiger partial charge in [-0.1, -0.05) is 91.0 Å². The summed E-state index contributed by atoms with van der Waals surface area (Å²) < 4.78 is 9.18. The number of benzene rings is 8. The minimum Gasteiger partial charge on any atom is -0.455 e. The summed E-state index contributed by atoms with van der Waals surface area (Å²) in [7, 11) is 0. The Morgan fingerprint density at radius 1 is 0.400 bits per heavy atom. The first-order valence-electron chi connectivity index (χ1n) is 15.3. The maximum Gasteiger partial charge on any atom is 0.143 e. The molecule has 210 valence electrons. The van der Waals surface area contributed by atoms with Gasteiger partial charge in [0.2, 0.25) is 0 Å². The minimum absolute atomic E-state index is 0.925. The van der Waals surface area contributed by atoms with Crippen LogP contribution in [-0.4, -0.2) is 0 Å². The molecule has 2 aromatic heterocycles. The number of thiophene rings is 1. The van der Waals surface area contributed by atoms with Crippen molar-refractivity contribution in [2.24, 2.45) is 0 Å². The van der Waals surface area contributed by atoms with Crippen molar-refractivity contribution in [2.75, 3.05) is 4.90 Å². The Labute approximate surface area is 263 Å². The maximum absolute atomic E-state index is 6.55. The van der Waals surface area contributed by atoms with E-state index < -0.39 is 0 Å². The van der Waals surface area contributed by atoms with Crippen molar-refractivity contribution < 1.29 is 4.42 Å². The van der Waals surface area contributed by atoms with Crippen LogP contribution in [0.5, 0.6) is 0 Å².